The Hall–Kier alpha value is -4.98. The number of nitrogens with one attached hydrogen (secondary N) is 1. The molecular weight excluding hydrogens is 1060 g/mol. The Morgan fingerprint density at radius 3 is 0.667 bits per heavy atom. The smallest absolute Gasteiger partial charge is 0.284 e. The summed E-state index contributed by atoms with van der Waals surface area (Å²) < 4.78 is 19.6. The Bertz CT molecular complexity index is 1770. The van der Waals surface area contributed by atoms with Crippen LogP contribution in [0.25, 0.3) is 0 Å². The third kappa shape index (κ3) is 33.0. The van der Waals surface area contributed by atoms with Crippen LogP contribution in [-0.4, -0.2) is 190 Å². The van der Waals surface area contributed by atoms with E-state index in [1.165, 1.54) is 28.9 Å². The number of carbonyl (C=O) groups is 13. The van der Waals surface area contributed by atoms with Gasteiger partial charge < -0.3 is 19.6 Å². The summed E-state index contributed by atoms with van der Waals surface area (Å²) >= 11 is 0. The summed E-state index contributed by atoms with van der Waals surface area (Å²) in [5.41, 5.74) is 0. The number of hydrogen-bond donors (Lipinski definition) is 1. The summed E-state index contributed by atoms with van der Waals surface area (Å²) in [6, 6.07) is 0. The number of hydrogen-bond acceptors (Lipinski definition) is 14. The van der Waals surface area contributed by atoms with Gasteiger partial charge in [0.05, 0.1) is 0 Å². The van der Waals surface area contributed by atoms with Crippen molar-refractivity contribution >= 4 is 83.3 Å². The largest absolute Gasteiger partial charge is 0.342 e. The van der Waals surface area contributed by atoms with Gasteiger partial charge in [0.2, 0.25) is 23.6 Å². The van der Waals surface area contributed by atoms with Gasteiger partial charge in [-0.05, 0) is 12.8 Å². The SMILES string of the molecule is CCCC(=O)CCCNP(=O)(N(CCC(=O)N(CCC(=O)CC)CCC(=O)CC)CCC(=O)N(CCC(=O)CC)CCC(=O)CC)N(CCC(=O)N(CCC(=O)CC)CCC(=O)CC)CCC(=O)N(CCC(=O)CC)CCC(=O)CC. The summed E-state index contributed by atoms with van der Waals surface area (Å²) in [4.78, 5) is 177. The number of ketones is 9. The van der Waals surface area contributed by atoms with Crippen molar-refractivity contribution in [1.82, 2.24) is 34.0 Å². The lowest BCUT2D eigenvalue weighted by atomic mass is 10.1. The van der Waals surface area contributed by atoms with E-state index in [9.17, 15) is 62.3 Å². The number of carbonyl (C=O) groups excluding carboxylic acids is 13. The predicted molar refractivity (Wildman–Crippen MR) is 312 cm³/mol. The number of Topliss-reactive ketones (excluding diaryl/α,β-unsaturated/α-hetero) is 9. The van der Waals surface area contributed by atoms with Crippen LogP contribution in [-0.2, 0) is 66.9 Å². The number of nitrogens with zero attached hydrogens (tertiary/aromatic N) is 6. The molecule has 1 N–H and O–H groups in total. The van der Waals surface area contributed by atoms with E-state index in [4.69, 9.17) is 0 Å². The lowest BCUT2D eigenvalue weighted by Crippen LogP contribution is -2.45. The maximum Gasteiger partial charge on any atom is 0.284 e. The molecule has 0 aliphatic carbocycles. The highest BCUT2D eigenvalue weighted by Crippen LogP contribution is 2.50. The molecule has 22 heteroatoms. The normalized spacial score (nSPS) is 11.3. The summed E-state index contributed by atoms with van der Waals surface area (Å²) in [7, 11) is -4.46. The first-order valence-corrected chi connectivity index (χ1v) is 31.8. The van der Waals surface area contributed by atoms with E-state index in [2.05, 4.69) is 5.09 Å². The Labute approximate surface area is 484 Å². The zero-order chi connectivity index (χ0) is 61.3. The molecule has 0 radical (unpaired) electrons. The van der Waals surface area contributed by atoms with Gasteiger partial charge in [-0.2, -0.15) is 0 Å². The molecule has 0 aliphatic rings. The summed E-state index contributed by atoms with van der Waals surface area (Å²) in [6.45, 7) is 14.3. The minimum absolute atomic E-state index is 0.00929. The molecule has 0 aromatic carbocycles. The van der Waals surface area contributed by atoms with Gasteiger partial charge in [-0.15, -0.1) is 0 Å². The molecule has 0 saturated heterocycles. The summed E-state index contributed by atoms with van der Waals surface area (Å²) in [5.74, 6) is -2.81. The monoisotopic (exact) mass is 1160 g/mol. The average Bonchev–Trinajstić information content (AvgIpc) is 3.49. The van der Waals surface area contributed by atoms with Crippen molar-refractivity contribution in [3.05, 3.63) is 0 Å². The van der Waals surface area contributed by atoms with Gasteiger partial charge in [0.15, 0.2) is 0 Å². The fourth-order valence-electron chi connectivity index (χ4n) is 8.53. The van der Waals surface area contributed by atoms with Gasteiger partial charge in [-0.25, -0.2) is 14.4 Å². The fourth-order valence-corrected chi connectivity index (χ4v) is 11.2. The lowest BCUT2D eigenvalue weighted by molar-refractivity contribution is -0.134. The molecule has 0 fully saturated rings. The van der Waals surface area contributed by atoms with Crippen LogP contribution in [0.1, 0.15) is 216 Å². The highest BCUT2D eigenvalue weighted by Gasteiger charge is 2.39. The molecule has 462 valence electrons. The second-order valence-electron chi connectivity index (χ2n) is 20.4. The number of amides is 4. The zero-order valence-corrected chi connectivity index (χ0v) is 51.9. The lowest BCUT2D eigenvalue weighted by Gasteiger charge is -2.40. The van der Waals surface area contributed by atoms with E-state index in [1.54, 1.807) is 55.4 Å². The predicted octanol–water partition coefficient (Wildman–Crippen LogP) is 7.27. The average molecular weight is 1160 g/mol. The van der Waals surface area contributed by atoms with Gasteiger partial charge in [0, 0.05) is 226 Å². The molecule has 0 aromatic rings. The summed E-state index contributed by atoms with van der Waals surface area (Å²) in [6.07, 6.45) is 1.90. The van der Waals surface area contributed by atoms with E-state index >= 15 is 4.57 Å². The van der Waals surface area contributed by atoms with Crippen molar-refractivity contribution in [2.24, 2.45) is 0 Å². The second kappa shape index (κ2) is 44.6. The van der Waals surface area contributed by atoms with E-state index in [0.717, 1.165) is 0 Å². The molecular formula is C59H102N7O14P. The molecule has 0 unspecified atom stereocenters. The first kappa shape index (κ1) is 76.0. The van der Waals surface area contributed by atoms with Crippen LogP contribution >= 0.6 is 7.59 Å². The topological polar surface area (TPSA) is 270 Å². The van der Waals surface area contributed by atoms with Gasteiger partial charge in [0.1, 0.15) is 52.0 Å². The van der Waals surface area contributed by atoms with Gasteiger partial charge in [-0.3, -0.25) is 66.9 Å². The van der Waals surface area contributed by atoms with Crippen LogP contribution in [0.15, 0.2) is 0 Å². The van der Waals surface area contributed by atoms with E-state index in [0.29, 0.717) is 12.8 Å². The van der Waals surface area contributed by atoms with Gasteiger partial charge in [0.25, 0.3) is 7.59 Å². The second-order valence-corrected chi connectivity index (χ2v) is 22.9. The highest BCUT2D eigenvalue weighted by atomic mass is 31.2. The Morgan fingerprint density at radius 1 is 0.272 bits per heavy atom. The first-order chi connectivity index (χ1) is 38.5. The minimum Gasteiger partial charge on any atom is -0.342 e. The van der Waals surface area contributed by atoms with Gasteiger partial charge >= 0.3 is 0 Å². The molecule has 0 saturated carbocycles. The van der Waals surface area contributed by atoms with E-state index in [1.807, 2.05) is 6.92 Å². The molecule has 81 heavy (non-hydrogen) atoms. The molecule has 21 nitrogen and oxygen atoms in total. The maximum atomic E-state index is 16.7. The highest BCUT2D eigenvalue weighted by molar-refractivity contribution is 7.57. The van der Waals surface area contributed by atoms with Crippen molar-refractivity contribution in [3.63, 3.8) is 0 Å². The molecule has 0 spiro atoms. The van der Waals surface area contributed by atoms with Crippen LogP contribution in [0.4, 0.5) is 0 Å². The van der Waals surface area contributed by atoms with Crippen LogP contribution in [0.2, 0.25) is 0 Å². The molecule has 0 atom stereocenters. The van der Waals surface area contributed by atoms with E-state index < -0.39 is 31.2 Å². The van der Waals surface area contributed by atoms with Crippen LogP contribution in [0, 0.1) is 0 Å². The minimum atomic E-state index is -4.46. The Balaban J connectivity index is 8.28. The third-order valence-corrected chi connectivity index (χ3v) is 17.4. The standard InChI is InChI=1S/C59H102N7O14P/c1-10-20-55(75)21-19-34-60-81(80,65(43-30-56(76)61(35-22-47(67)11-2)36-23-48(68)12-3)44-31-57(77)62(37-24-49(69)13-4)38-25-50(70)14-5)66(45-32-58(78)63(39-26-51(71)15-6)40-27-52(72)16-7)46-33-59(79)64(41-28-53(73)17-8)42-29-54(74)18-9/h10-46H2,1-9H3,(H,60,80). The zero-order valence-electron chi connectivity index (χ0n) is 51.0. The Morgan fingerprint density at radius 2 is 0.481 bits per heavy atom. The van der Waals surface area contributed by atoms with Crippen LogP contribution < -0.4 is 5.09 Å². The first-order valence-electron chi connectivity index (χ1n) is 30.1. The quantitative estimate of drug-likeness (QED) is 0.0463. The van der Waals surface area contributed by atoms with Crippen LogP contribution in [0.5, 0.6) is 0 Å². The van der Waals surface area contributed by atoms with Gasteiger partial charge in [-0.1, -0.05) is 62.3 Å². The fraction of sp³-hybridized carbons (Fsp3) is 0.780. The van der Waals surface area contributed by atoms with Crippen molar-refractivity contribution in [2.45, 2.75) is 216 Å². The summed E-state index contributed by atoms with van der Waals surface area (Å²) in [5, 5.41) is 3.19. The molecule has 0 rings (SSSR count). The van der Waals surface area contributed by atoms with Crippen molar-refractivity contribution < 1.29 is 66.9 Å². The van der Waals surface area contributed by atoms with Crippen LogP contribution in [0.3, 0.4) is 0 Å². The Kier molecular flexibility index (Phi) is 41.8. The molecule has 0 heterocycles. The molecule has 0 aromatic heterocycles. The van der Waals surface area contributed by atoms with Crippen molar-refractivity contribution in [3.8, 4) is 0 Å². The van der Waals surface area contributed by atoms with E-state index in [-0.39, 0.29) is 278 Å². The molecule has 0 bridgehead atoms. The van der Waals surface area contributed by atoms with Crippen molar-refractivity contribution in [1.29, 1.82) is 0 Å². The molecule has 0 aliphatic heterocycles. The number of rotatable bonds is 53. The third-order valence-electron chi connectivity index (χ3n) is 14.4. The maximum absolute atomic E-state index is 16.7. The molecule has 4 amide bonds. The van der Waals surface area contributed by atoms with Crippen molar-refractivity contribution in [2.75, 3.05) is 85.1 Å².